The molecule has 4 aromatic carbocycles. The number of hydrogen-bond donors (Lipinski definition) is 6. The zero-order valence-electron chi connectivity index (χ0n) is 27.4. The quantitative estimate of drug-likeness (QED) is 0.123. The van der Waals surface area contributed by atoms with E-state index in [4.69, 9.17) is 14.2 Å². The first kappa shape index (κ1) is 31.6. The number of aromatic nitrogens is 1. The standard InChI is InChI=1S/C40H41NO8/c1-47-35-17-25(15-23(37(35)46)3-2-12-42)38-34(45)19-32-31-16-24(14-21-4-9-33-22(13-21)10-11-41-33)30-18-26(44)5-7-28(30)36(31)40-29(39(32)49-38)8-6-27(20-43)48-40/h4-5,7,9-11,13,15,17-18,24,27,34,38,41-46H,2-3,6,8,12,14,16,19-20H2,1H3/t24-,27+,34+,38+/m0/s1. The Hall–Kier alpha value is -4.70. The third-order valence-electron chi connectivity index (χ3n) is 10.6. The van der Waals surface area contributed by atoms with Crippen LogP contribution >= 0.6 is 0 Å². The van der Waals surface area contributed by atoms with E-state index in [-0.39, 0.29) is 42.5 Å². The van der Waals surface area contributed by atoms with E-state index in [1.54, 1.807) is 12.1 Å². The highest BCUT2D eigenvalue weighted by Crippen LogP contribution is 2.56. The molecule has 0 saturated carbocycles. The number of methoxy groups -OCH3 is 1. The predicted octanol–water partition coefficient (Wildman–Crippen LogP) is 5.79. The Labute approximate surface area is 284 Å². The average Bonchev–Trinajstić information content (AvgIpc) is 3.59. The zero-order chi connectivity index (χ0) is 33.8. The van der Waals surface area contributed by atoms with E-state index in [1.807, 2.05) is 24.4 Å². The lowest BCUT2D eigenvalue weighted by Crippen LogP contribution is -2.34. The predicted molar refractivity (Wildman–Crippen MR) is 185 cm³/mol. The summed E-state index contributed by atoms with van der Waals surface area (Å²) in [5, 5.41) is 54.0. The van der Waals surface area contributed by atoms with Crippen LogP contribution in [0.2, 0.25) is 0 Å². The molecule has 0 amide bonds. The number of benzene rings is 4. The number of aromatic amines is 1. The molecule has 0 radical (unpaired) electrons. The van der Waals surface area contributed by atoms with Gasteiger partial charge in [-0.05, 0) is 126 Å². The number of fused-ring (bicyclic) bond motifs is 9. The van der Waals surface area contributed by atoms with Crippen LogP contribution in [-0.2, 0) is 32.1 Å². The van der Waals surface area contributed by atoms with Gasteiger partial charge in [0.05, 0.1) is 19.8 Å². The normalized spacial score (nSPS) is 20.8. The zero-order valence-corrected chi connectivity index (χ0v) is 27.4. The molecule has 9 nitrogen and oxygen atoms in total. The Morgan fingerprint density at radius 3 is 2.61 bits per heavy atom. The molecule has 49 heavy (non-hydrogen) atoms. The Kier molecular flexibility index (Phi) is 8.14. The molecule has 8 rings (SSSR count). The third-order valence-corrected chi connectivity index (χ3v) is 10.6. The molecule has 0 saturated heterocycles. The van der Waals surface area contributed by atoms with E-state index < -0.39 is 12.2 Å². The van der Waals surface area contributed by atoms with Crippen LogP contribution in [0.15, 0.2) is 60.8 Å². The Morgan fingerprint density at radius 1 is 0.918 bits per heavy atom. The molecule has 3 heterocycles. The lowest BCUT2D eigenvalue weighted by atomic mass is 9.72. The fourth-order valence-corrected chi connectivity index (χ4v) is 8.20. The van der Waals surface area contributed by atoms with Crippen LogP contribution < -0.4 is 14.2 Å². The van der Waals surface area contributed by atoms with Crippen LogP contribution in [0.4, 0.5) is 0 Å². The second kappa shape index (κ2) is 12.6. The van der Waals surface area contributed by atoms with Gasteiger partial charge in [0.15, 0.2) is 11.5 Å². The lowest BCUT2D eigenvalue weighted by molar-refractivity contribution is 0.0180. The second-order valence-electron chi connectivity index (χ2n) is 13.6. The van der Waals surface area contributed by atoms with Crippen molar-refractivity contribution in [3.63, 3.8) is 0 Å². The summed E-state index contributed by atoms with van der Waals surface area (Å²) in [4.78, 5) is 3.27. The van der Waals surface area contributed by atoms with Gasteiger partial charge in [0, 0.05) is 41.4 Å². The third kappa shape index (κ3) is 5.46. The van der Waals surface area contributed by atoms with Gasteiger partial charge in [0.2, 0.25) is 0 Å². The number of aliphatic hydroxyl groups excluding tert-OH is 3. The molecule has 1 aliphatic carbocycles. The van der Waals surface area contributed by atoms with E-state index in [9.17, 15) is 25.5 Å². The first-order valence-corrected chi connectivity index (χ1v) is 17.1. The smallest absolute Gasteiger partial charge is 0.161 e. The number of aryl methyl sites for hydroxylation is 1. The summed E-state index contributed by atoms with van der Waals surface area (Å²) in [7, 11) is 1.49. The molecule has 0 bridgehead atoms. The molecule has 4 atom stereocenters. The van der Waals surface area contributed by atoms with Gasteiger partial charge in [0.1, 0.15) is 29.5 Å². The summed E-state index contributed by atoms with van der Waals surface area (Å²) < 4.78 is 18.9. The summed E-state index contributed by atoms with van der Waals surface area (Å²) in [5.41, 5.74) is 9.47. The van der Waals surface area contributed by atoms with Gasteiger partial charge >= 0.3 is 0 Å². The van der Waals surface area contributed by atoms with Crippen LogP contribution in [0.5, 0.6) is 28.7 Å². The average molecular weight is 664 g/mol. The van der Waals surface area contributed by atoms with Crippen molar-refractivity contribution in [1.29, 1.82) is 0 Å². The van der Waals surface area contributed by atoms with E-state index >= 15 is 0 Å². The topological polar surface area (TPSA) is 145 Å². The molecular formula is C40H41NO8. The van der Waals surface area contributed by atoms with Crippen LogP contribution in [0.25, 0.3) is 22.0 Å². The molecule has 2 aliphatic heterocycles. The van der Waals surface area contributed by atoms with Crippen molar-refractivity contribution >= 4 is 10.9 Å². The van der Waals surface area contributed by atoms with Crippen LogP contribution in [-0.4, -0.2) is 63.0 Å². The summed E-state index contributed by atoms with van der Waals surface area (Å²) in [6.07, 6.45) is 3.88. The monoisotopic (exact) mass is 663 g/mol. The second-order valence-corrected chi connectivity index (χ2v) is 13.6. The van der Waals surface area contributed by atoms with E-state index in [0.717, 1.165) is 50.7 Å². The molecule has 6 N–H and O–H groups in total. The van der Waals surface area contributed by atoms with Crippen LogP contribution in [0, 0.1) is 0 Å². The summed E-state index contributed by atoms with van der Waals surface area (Å²) >= 11 is 0. The molecule has 0 fully saturated rings. The maximum Gasteiger partial charge on any atom is 0.161 e. The molecular weight excluding hydrogens is 622 g/mol. The van der Waals surface area contributed by atoms with Crippen molar-refractivity contribution < 1.29 is 39.7 Å². The summed E-state index contributed by atoms with van der Waals surface area (Å²) in [5.74, 6) is 1.95. The van der Waals surface area contributed by atoms with Gasteiger partial charge in [-0.3, -0.25) is 0 Å². The van der Waals surface area contributed by atoms with Crippen molar-refractivity contribution in [3.05, 3.63) is 99.7 Å². The van der Waals surface area contributed by atoms with Gasteiger partial charge in [0.25, 0.3) is 0 Å². The van der Waals surface area contributed by atoms with Gasteiger partial charge in [-0.2, -0.15) is 0 Å². The SMILES string of the molecule is COc1cc([C@H]2Oc3c(c4c(c5c3CC[C@H](CO)O5)-c3ccc(O)cc3[C@@H](Cc3ccc5[nH]ccc5c3)C4)C[C@H]2O)cc(CCCO)c1O. The Bertz CT molecular complexity index is 2050. The Morgan fingerprint density at radius 2 is 1.80 bits per heavy atom. The minimum Gasteiger partial charge on any atom is -0.508 e. The first-order valence-electron chi connectivity index (χ1n) is 17.1. The fraction of sp³-hybridized carbons (Fsp3) is 0.350. The molecule has 5 aromatic rings. The first-order chi connectivity index (χ1) is 23.9. The number of aliphatic hydroxyl groups is 3. The highest BCUT2D eigenvalue weighted by molar-refractivity contribution is 5.85. The molecule has 0 unspecified atom stereocenters. The molecule has 254 valence electrons. The minimum atomic E-state index is -0.889. The highest BCUT2D eigenvalue weighted by atomic mass is 16.5. The number of ether oxygens (including phenoxy) is 3. The van der Waals surface area contributed by atoms with Crippen molar-refractivity contribution in [1.82, 2.24) is 4.98 Å². The highest BCUT2D eigenvalue weighted by Gasteiger charge is 2.41. The van der Waals surface area contributed by atoms with Gasteiger partial charge in [-0.25, -0.2) is 0 Å². The maximum atomic E-state index is 11.8. The number of phenolic OH excluding ortho intramolecular Hbond substituents is 2. The summed E-state index contributed by atoms with van der Waals surface area (Å²) in [6, 6.07) is 17.6. The maximum absolute atomic E-state index is 11.8. The number of phenols is 2. The number of H-pyrrole nitrogens is 1. The van der Waals surface area contributed by atoms with Crippen molar-refractivity contribution in [2.24, 2.45) is 0 Å². The fourth-order valence-electron chi connectivity index (χ4n) is 8.20. The van der Waals surface area contributed by atoms with Crippen molar-refractivity contribution in [2.75, 3.05) is 20.3 Å². The van der Waals surface area contributed by atoms with Gasteiger partial charge in [-0.15, -0.1) is 0 Å². The van der Waals surface area contributed by atoms with Gasteiger partial charge < -0.3 is 44.7 Å². The number of aromatic hydroxyl groups is 2. The molecule has 3 aliphatic rings. The molecule has 1 aromatic heterocycles. The van der Waals surface area contributed by atoms with E-state index in [2.05, 4.69) is 29.2 Å². The van der Waals surface area contributed by atoms with E-state index in [0.29, 0.717) is 61.2 Å². The number of rotatable bonds is 8. The van der Waals surface area contributed by atoms with E-state index in [1.165, 1.54) is 12.7 Å². The number of nitrogens with one attached hydrogen (secondary N) is 1. The van der Waals surface area contributed by atoms with Crippen molar-refractivity contribution in [3.8, 4) is 39.9 Å². The Balaban J connectivity index is 1.26. The number of hydrogen-bond acceptors (Lipinski definition) is 8. The summed E-state index contributed by atoms with van der Waals surface area (Å²) in [6.45, 7) is -0.122. The molecule has 0 spiro atoms. The van der Waals surface area contributed by atoms with Crippen LogP contribution in [0.1, 0.15) is 63.8 Å². The van der Waals surface area contributed by atoms with Crippen molar-refractivity contribution in [2.45, 2.75) is 69.2 Å². The largest absolute Gasteiger partial charge is 0.508 e. The lowest BCUT2D eigenvalue weighted by Gasteiger charge is -2.40. The molecule has 9 heteroatoms. The minimum absolute atomic E-state index is 0.0154. The van der Waals surface area contributed by atoms with Crippen LogP contribution in [0.3, 0.4) is 0 Å². The van der Waals surface area contributed by atoms with Gasteiger partial charge in [-0.1, -0.05) is 12.1 Å².